The van der Waals surface area contributed by atoms with E-state index in [2.05, 4.69) is 19.2 Å². The smallest absolute Gasteiger partial charge is 0.243 e. The van der Waals surface area contributed by atoms with Crippen LogP contribution in [0.2, 0.25) is 5.02 Å². The van der Waals surface area contributed by atoms with Crippen LogP contribution in [-0.4, -0.2) is 56.3 Å². The zero-order valence-corrected chi connectivity index (χ0v) is 18.2. The molecular formula is C21H26ClN3O3S. The van der Waals surface area contributed by atoms with Crippen molar-refractivity contribution >= 4 is 33.2 Å². The van der Waals surface area contributed by atoms with Crippen LogP contribution in [0.4, 0.5) is 5.69 Å². The number of hydrogen-bond acceptors (Lipinski definition) is 4. The van der Waals surface area contributed by atoms with Gasteiger partial charge in [0.1, 0.15) is 0 Å². The molecule has 1 amide bonds. The molecule has 0 saturated carbocycles. The zero-order chi connectivity index (χ0) is 21.0. The average Bonchev–Trinajstić information content (AvgIpc) is 2.70. The molecular weight excluding hydrogens is 410 g/mol. The second-order valence-electron chi connectivity index (χ2n) is 7.43. The highest BCUT2D eigenvalue weighted by Gasteiger charge is 2.29. The van der Waals surface area contributed by atoms with E-state index >= 15 is 0 Å². The van der Waals surface area contributed by atoms with Gasteiger partial charge in [-0.25, -0.2) is 8.42 Å². The van der Waals surface area contributed by atoms with Crippen molar-refractivity contribution in [2.24, 2.45) is 0 Å². The summed E-state index contributed by atoms with van der Waals surface area (Å²) >= 11 is 6.06. The lowest BCUT2D eigenvalue weighted by atomic mass is 10.0. The number of nitrogens with one attached hydrogen (secondary N) is 1. The van der Waals surface area contributed by atoms with Gasteiger partial charge in [-0.05, 0) is 35.7 Å². The van der Waals surface area contributed by atoms with Gasteiger partial charge in [-0.1, -0.05) is 49.7 Å². The second-order valence-corrected chi connectivity index (χ2v) is 9.78. The first-order valence-electron chi connectivity index (χ1n) is 9.64. The number of halogens is 1. The van der Waals surface area contributed by atoms with E-state index in [4.69, 9.17) is 11.6 Å². The fourth-order valence-corrected chi connectivity index (χ4v) is 4.86. The van der Waals surface area contributed by atoms with Crippen LogP contribution in [0, 0.1) is 0 Å². The Hall–Kier alpha value is -1.93. The molecule has 0 unspecified atom stereocenters. The Balaban J connectivity index is 1.55. The Morgan fingerprint density at radius 2 is 1.66 bits per heavy atom. The minimum absolute atomic E-state index is 0.168. The van der Waals surface area contributed by atoms with Crippen molar-refractivity contribution in [2.45, 2.75) is 24.7 Å². The molecule has 1 fully saturated rings. The third-order valence-corrected chi connectivity index (χ3v) is 7.27. The molecule has 1 heterocycles. The fraction of sp³-hybridized carbons (Fsp3) is 0.381. The third kappa shape index (κ3) is 5.36. The molecule has 6 nitrogen and oxygen atoms in total. The van der Waals surface area contributed by atoms with Gasteiger partial charge in [0.15, 0.2) is 0 Å². The molecule has 29 heavy (non-hydrogen) atoms. The highest BCUT2D eigenvalue weighted by Crippen LogP contribution is 2.22. The number of amides is 1. The Labute approximate surface area is 177 Å². The first-order chi connectivity index (χ1) is 13.8. The number of piperazine rings is 1. The number of sulfonamides is 1. The maximum absolute atomic E-state index is 12.9. The molecule has 0 spiro atoms. The summed E-state index contributed by atoms with van der Waals surface area (Å²) in [6.45, 7) is 6.05. The summed E-state index contributed by atoms with van der Waals surface area (Å²) in [7, 11) is -3.52. The molecule has 1 aliphatic heterocycles. The minimum Gasteiger partial charge on any atom is -0.324 e. The van der Waals surface area contributed by atoms with Gasteiger partial charge in [-0.15, -0.1) is 0 Å². The molecule has 1 aliphatic rings. The number of hydrogen-bond donors (Lipinski definition) is 1. The maximum Gasteiger partial charge on any atom is 0.243 e. The highest BCUT2D eigenvalue weighted by atomic mass is 35.5. The number of rotatable bonds is 6. The normalized spacial score (nSPS) is 16.1. The quantitative estimate of drug-likeness (QED) is 0.754. The molecule has 2 aromatic carbocycles. The molecule has 1 N–H and O–H groups in total. The molecule has 1 saturated heterocycles. The Morgan fingerprint density at radius 1 is 1.03 bits per heavy atom. The number of para-hydroxylation sites is 1. The van der Waals surface area contributed by atoms with Gasteiger partial charge in [0.05, 0.1) is 22.2 Å². The van der Waals surface area contributed by atoms with Crippen LogP contribution in [0.25, 0.3) is 0 Å². The lowest BCUT2D eigenvalue weighted by molar-refractivity contribution is -0.117. The topological polar surface area (TPSA) is 69.7 Å². The molecule has 0 radical (unpaired) electrons. The summed E-state index contributed by atoms with van der Waals surface area (Å²) in [6, 6.07) is 14.2. The predicted octanol–water partition coefficient (Wildman–Crippen LogP) is 3.41. The van der Waals surface area contributed by atoms with Gasteiger partial charge < -0.3 is 5.32 Å². The highest BCUT2D eigenvalue weighted by molar-refractivity contribution is 7.89. The first-order valence-corrected chi connectivity index (χ1v) is 11.5. The van der Waals surface area contributed by atoms with Crippen LogP contribution in [0.1, 0.15) is 25.3 Å². The summed E-state index contributed by atoms with van der Waals surface area (Å²) in [5.74, 6) is 0.186. The van der Waals surface area contributed by atoms with Gasteiger partial charge in [0, 0.05) is 26.2 Å². The SMILES string of the molecule is CC(C)c1ccc(S(=O)(=O)N2CCN(CC(=O)Nc3ccccc3Cl)CC2)cc1. The van der Waals surface area contributed by atoms with Crippen LogP contribution in [0.3, 0.4) is 0 Å². The molecule has 8 heteroatoms. The molecule has 0 bridgehead atoms. The van der Waals surface area contributed by atoms with Crippen LogP contribution in [0.5, 0.6) is 0 Å². The maximum atomic E-state index is 12.9. The van der Waals surface area contributed by atoms with Gasteiger partial charge in [0.25, 0.3) is 0 Å². The van der Waals surface area contributed by atoms with E-state index in [9.17, 15) is 13.2 Å². The van der Waals surface area contributed by atoms with Crippen LogP contribution in [0.15, 0.2) is 53.4 Å². The summed E-state index contributed by atoms with van der Waals surface area (Å²) in [6.07, 6.45) is 0. The summed E-state index contributed by atoms with van der Waals surface area (Å²) in [5.41, 5.74) is 1.68. The standard InChI is InChI=1S/C21H26ClN3O3S/c1-16(2)17-7-9-18(10-8-17)29(27,28)25-13-11-24(12-14-25)15-21(26)23-20-6-4-3-5-19(20)22/h3-10,16H,11-15H2,1-2H3,(H,23,26). The van der Waals surface area contributed by atoms with E-state index in [1.54, 1.807) is 36.4 Å². The number of anilines is 1. The van der Waals surface area contributed by atoms with E-state index in [1.807, 2.05) is 17.0 Å². The van der Waals surface area contributed by atoms with Crippen LogP contribution >= 0.6 is 11.6 Å². The Morgan fingerprint density at radius 3 is 2.24 bits per heavy atom. The van der Waals surface area contributed by atoms with Crippen LogP contribution in [-0.2, 0) is 14.8 Å². The summed E-state index contributed by atoms with van der Waals surface area (Å²) in [5, 5.41) is 3.28. The third-order valence-electron chi connectivity index (χ3n) is 5.03. The van der Waals surface area contributed by atoms with Gasteiger partial charge in [-0.2, -0.15) is 4.31 Å². The van der Waals surface area contributed by atoms with Gasteiger partial charge >= 0.3 is 0 Å². The van der Waals surface area contributed by atoms with Crippen molar-refractivity contribution in [1.82, 2.24) is 9.21 Å². The lowest BCUT2D eigenvalue weighted by Crippen LogP contribution is -2.50. The molecule has 156 valence electrons. The molecule has 0 aromatic heterocycles. The summed E-state index contributed by atoms with van der Waals surface area (Å²) in [4.78, 5) is 14.5. The van der Waals surface area contributed by atoms with Crippen molar-refractivity contribution in [3.05, 3.63) is 59.1 Å². The van der Waals surface area contributed by atoms with Gasteiger partial charge in [0.2, 0.25) is 15.9 Å². The fourth-order valence-electron chi connectivity index (χ4n) is 3.26. The van der Waals surface area contributed by atoms with Crippen molar-refractivity contribution in [1.29, 1.82) is 0 Å². The molecule has 0 atom stereocenters. The van der Waals surface area contributed by atoms with E-state index in [-0.39, 0.29) is 12.5 Å². The summed E-state index contributed by atoms with van der Waals surface area (Å²) < 4.78 is 27.3. The van der Waals surface area contributed by atoms with Gasteiger partial charge in [-0.3, -0.25) is 9.69 Å². The molecule has 2 aromatic rings. The van der Waals surface area contributed by atoms with Crippen LogP contribution < -0.4 is 5.32 Å². The first kappa shape index (κ1) is 21.8. The second kappa shape index (κ2) is 9.26. The predicted molar refractivity (Wildman–Crippen MR) is 116 cm³/mol. The Bertz CT molecular complexity index is 953. The van der Waals surface area contributed by atoms with E-state index in [1.165, 1.54) is 4.31 Å². The van der Waals surface area contributed by atoms with E-state index in [0.717, 1.165) is 5.56 Å². The monoisotopic (exact) mass is 435 g/mol. The molecule has 3 rings (SSSR count). The van der Waals surface area contributed by atoms with Crippen molar-refractivity contribution in [2.75, 3.05) is 38.0 Å². The van der Waals surface area contributed by atoms with E-state index in [0.29, 0.717) is 47.7 Å². The van der Waals surface area contributed by atoms with Crippen molar-refractivity contribution in [3.63, 3.8) is 0 Å². The minimum atomic E-state index is -3.52. The number of carbonyl (C=O) groups excluding carboxylic acids is 1. The largest absolute Gasteiger partial charge is 0.324 e. The lowest BCUT2D eigenvalue weighted by Gasteiger charge is -2.33. The average molecular weight is 436 g/mol. The number of benzene rings is 2. The Kier molecular flexibility index (Phi) is 6.95. The number of nitrogens with zero attached hydrogens (tertiary/aromatic N) is 2. The van der Waals surface area contributed by atoms with Crippen molar-refractivity contribution in [3.8, 4) is 0 Å². The van der Waals surface area contributed by atoms with Crippen molar-refractivity contribution < 1.29 is 13.2 Å². The van der Waals surface area contributed by atoms with E-state index < -0.39 is 10.0 Å². The molecule has 0 aliphatic carbocycles. The zero-order valence-electron chi connectivity index (χ0n) is 16.6. The number of carbonyl (C=O) groups is 1.